The van der Waals surface area contributed by atoms with Crippen LogP contribution in [-0.4, -0.2) is 24.7 Å². The second-order valence-corrected chi connectivity index (χ2v) is 7.83. The summed E-state index contributed by atoms with van der Waals surface area (Å²) in [6, 6.07) is 16.0. The lowest BCUT2D eigenvalue weighted by molar-refractivity contribution is 0.684. The fourth-order valence-electron chi connectivity index (χ4n) is 3.11. The highest BCUT2D eigenvalue weighted by atomic mass is 35.5. The Kier molecular flexibility index (Phi) is 6.11. The molecular formula is C22H21ClN6S. The van der Waals surface area contributed by atoms with Gasteiger partial charge in [0.25, 0.3) is 0 Å². The van der Waals surface area contributed by atoms with Crippen molar-refractivity contribution in [3.8, 4) is 0 Å². The molecule has 0 bridgehead atoms. The first-order chi connectivity index (χ1) is 14.5. The number of benzene rings is 2. The zero-order valence-electron chi connectivity index (χ0n) is 16.4. The number of hydrogen-bond donors (Lipinski definition) is 2. The molecule has 0 amide bonds. The summed E-state index contributed by atoms with van der Waals surface area (Å²) in [6.07, 6.45) is 7.33. The van der Waals surface area contributed by atoms with E-state index in [1.165, 1.54) is 11.1 Å². The Morgan fingerprint density at radius 2 is 1.60 bits per heavy atom. The minimum Gasteiger partial charge on any atom is -0.330 e. The first-order valence-corrected chi connectivity index (χ1v) is 10.3. The zero-order valence-corrected chi connectivity index (χ0v) is 18.0. The molecule has 0 fully saturated rings. The van der Waals surface area contributed by atoms with Crippen molar-refractivity contribution in [1.82, 2.24) is 19.6 Å². The van der Waals surface area contributed by atoms with Gasteiger partial charge < -0.3 is 10.6 Å². The Hall–Kier alpha value is -3.16. The Balaban J connectivity index is 1.32. The van der Waals surface area contributed by atoms with Crippen molar-refractivity contribution in [1.29, 1.82) is 0 Å². The molecule has 0 aliphatic heterocycles. The van der Waals surface area contributed by atoms with Crippen molar-refractivity contribution in [2.75, 3.05) is 10.6 Å². The van der Waals surface area contributed by atoms with Gasteiger partial charge in [-0.05, 0) is 48.0 Å². The molecular weight excluding hydrogens is 416 g/mol. The van der Waals surface area contributed by atoms with Gasteiger partial charge in [0.1, 0.15) is 0 Å². The molecule has 2 N–H and O–H groups in total. The molecule has 0 unspecified atom stereocenters. The lowest BCUT2D eigenvalue weighted by Crippen LogP contribution is -2.18. The number of anilines is 2. The number of rotatable bonds is 6. The van der Waals surface area contributed by atoms with Gasteiger partial charge in [0.05, 0.1) is 36.9 Å². The molecule has 2 aromatic heterocycles. The van der Waals surface area contributed by atoms with E-state index in [-0.39, 0.29) is 0 Å². The summed E-state index contributed by atoms with van der Waals surface area (Å²) in [5, 5.41) is 16.3. The van der Waals surface area contributed by atoms with Crippen molar-refractivity contribution in [2.45, 2.75) is 20.0 Å². The van der Waals surface area contributed by atoms with Crippen LogP contribution < -0.4 is 10.6 Å². The monoisotopic (exact) mass is 436 g/mol. The Morgan fingerprint density at radius 3 is 2.27 bits per heavy atom. The van der Waals surface area contributed by atoms with Crippen LogP contribution in [0.3, 0.4) is 0 Å². The van der Waals surface area contributed by atoms with Gasteiger partial charge in [-0.2, -0.15) is 10.2 Å². The lowest BCUT2D eigenvalue weighted by Gasteiger charge is -2.07. The summed E-state index contributed by atoms with van der Waals surface area (Å²) in [7, 11) is 0. The summed E-state index contributed by atoms with van der Waals surface area (Å²) < 4.78 is 3.72. The first kappa shape index (κ1) is 20.1. The maximum absolute atomic E-state index is 6.04. The molecule has 152 valence electrons. The summed E-state index contributed by atoms with van der Waals surface area (Å²) in [5.41, 5.74) is 5.20. The Labute approximate surface area is 185 Å². The van der Waals surface area contributed by atoms with Crippen molar-refractivity contribution in [2.24, 2.45) is 0 Å². The third-order valence-electron chi connectivity index (χ3n) is 4.61. The van der Waals surface area contributed by atoms with E-state index in [1.807, 2.05) is 58.2 Å². The second-order valence-electron chi connectivity index (χ2n) is 6.99. The van der Waals surface area contributed by atoms with Crippen molar-refractivity contribution in [3.05, 3.63) is 95.0 Å². The maximum atomic E-state index is 6.04. The molecule has 0 spiro atoms. The van der Waals surface area contributed by atoms with Crippen LogP contribution in [0.1, 0.15) is 16.7 Å². The van der Waals surface area contributed by atoms with Crippen LogP contribution in [0.5, 0.6) is 0 Å². The average molecular weight is 437 g/mol. The molecule has 4 aromatic rings. The van der Waals surface area contributed by atoms with Crippen molar-refractivity contribution in [3.63, 3.8) is 0 Å². The molecule has 30 heavy (non-hydrogen) atoms. The highest BCUT2D eigenvalue weighted by Gasteiger charge is 2.06. The molecule has 6 nitrogen and oxygen atoms in total. The number of thiocarbonyl (C=S) groups is 1. The van der Waals surface area contributed by atoms with Crippen LogP contribution in [0.25, 0.3) is 0 Å². The number of halogens is 1. The summed E-state index contributed by atoms with van der Waals surface area (Å²) in [4.78, 5) is 0. The van der Waals surface area contributed by atoms with Crippen LogP contribution >= 0.6 is 23.8 Å². The van der Waals surface area contributed by atoms with Gasteiger partial charge in [-0.15, -0.1) is 0 Å². The highest BCUT2D eigenvalue weighted by Crippen LogP contribution is 2.14. The van der Waals surface area contributed by atoms with Gasteiger partial charge >= 0.3 is 0 Å². The minimum atomic E-state index is 0.479. The second kappa shape index (κ2) is 9.11. The summed E-state index contributed by atoms with van der Waals surface area (Å²) >= 11 is 11.5. The number of hydrogen-bond acceptors (Lipinski definition) is 3. The predicted molar refractivity (Wildman–Crippen MR) is 125 cm³/mol. The van der Waals surface area contributed by atoms with E-state index < -0.39 is 0 Å². The van der Waals surface area contributed by atoms with E-state index in [2.05, 4.69) is 39.9 Å². The summed E-state index contributed by atoms with van der Waals surface area (Å²) in [5.74, 6) is 0. The molecule has 0 saturated carbocycles. The van der Waals surface area contributed by atoms with E-state index >= 15 is 0 Å². The van der Waals surface area contributed by atoms with E-state index in [0.29, 0.717) is 23.2 Å². The van der Waals surface area contributed by atoms with Gasteiger partial charge in [0.2, 0.25) is 0 Å². The van der Waals surface area contributed by atoms with Crippen LogP contribution in [0.2, 0.25) is 5.02 Å². The van der Waals surface area contributed by atoms with Crippen LogP contribution in [0, 0.1) is 6.92 Å². The van der Waals surface area contributed by atoms with Crippen LogP contribution in [0.15, 0.2) is 73.3 Å². The van der Waals surface area contributed by atoms with Crippen molar-refractivity contribution < 1.29 is 0 Å². The van der Waals surface area contributed by atoms with Gasteiger partial charge in [-0.3, -0.25) is 9.36 Å². The normalized spacial score (nSPS) is 10.7. The molecule has 4 rings (SSSR count). The van der Waals surface area contributed by atoms with E-state index in [1.54, 1.807) is 12.4 Å². The predicted octanol–water partition coefficient (Wildman–Crippen LogP) is 4.95. The number of nitrogens with zero attached hydrogens (tertiary/aromatic N) is 4. The molecule has 0 radical (unpaired) electrons. The molecule has 0 aliphatic rings. The Morgan fingerprint density at radius 1 is 0.933 bits per heavy atom. The topological polar surface area (TPSA) is 59.7 Å². The SMILES string of the molecule is Cc1ccccc1Cn1cc(NC(=S)Nc2cnn(Cc3cccc(Cl)c3)c2)cn1. The minimum absolute atomic E-state index is 0.479. The number of aromatic nitrogens is 4. The quantitative estimate of drug-likeness (QED) is 0.419. The van der Waals surface area contributed by atoms with Crippen molar-refractivity contribution >= 4 is 40.3 Å². The molecule has 0 saturated heterocycles. The van der Waals surface area contributed by atoms with Gasteiger partial charge in [0.15, 0.2) is 5.11 Å². The third kappa shape index (κ3) is 5.25. The third-order valence-corrected chi connectivity index (χ3v) is 5.05. The molecule has 2 aromatic carbocycles. The fraction of sp³-hybridized carbons (Fsp3) is 0.136. The maximum Gasteiger partial charge on any atom is 0.175 e. The van der Waals surface area contributed by atoms with Crippen LogP contribution in [0.4, 0.5) is 11.4 Å². The van der Waals surface area contributed by atoms with Gasteiger partial charge in [0, 0.05) is 17.4 Å². The average Bonchev–Trinajstić information content (AvgIpc) is 3.33. The van der Waals surface area contributed by atoms with E-state index in [9.17, 15) is 0 Å². The standard InChI is InChI=1S/C22H21ClN6S/c1-16-5-2-3-7-18(16)13-29-15-21(11-25-29)27-22(30)26-20-10-24-28(14-20)12-17-6-4-8-19(23)9-17/h2-11,14-15H,12-13H2,1H3,(H2,26,27,30). The number of aryl methyl sites for hydroxylation is 1. The zero-order chi connectivity index (χ0) is 20.9. The highest BCUT2D eigenvalue weighted by molar-refractivity contribution is 7.80. The lowest BCUT2D eigenvalue weighted by atomic mass is 10.1. The molecule has 0 aliphatic carbocycles. The molecule has 8 heteroatoms. The first-order valence-electron chi connectivity index (χ1n) is 9.47. The number of nitrogens with one attached hydrogen (secondary N) is 2. The summed E-state index contributed by atoms with van der Waals surface area (Å²) in [6.45, 7) is 3.45. The van der Waals surface area contributed by atoms with Gasteiger partial charge in [-0.1, -0.05) is 48.0 Å². The van der Waals surface area contributed by atoms with Gasteiger partial charge in [-0.25, -0.2) is 0 Å². The molecule has 2 heterocycles. The smallest absolute Gasteiger partial charge is 0.175 e. The molecule has 0 atom stereocenters. The Bertz CT molecular complexity index is 1170. The van der Waals surface area contributed by atoms with Crippen LogP contribution in [-0.2, 0) is 13.1 Å². The van der Waals surface area contributed by atoms with E-state index in [0.717, 1.165) is 16.9 Å². The largest absolute Gasteiger partial charge is 0.330 e. The van der Waals surface area contributed by atoms with E-state index in [4.69, 9.17) is 23.8 Å². The fourth-order valence-corrected chi connectivity index (χ4v) is 3.56.